The Morgan fingerprint density at radius 1 is 1.06 bits per heavy atom. The average molecular weight is 494 g/mol. The van der Waals surface area contributed by atoms with Crippen LogP contribution in [-0.4, -0.2) is 58.5 Å². The van der Waals surface area contributed by atoms with Gasteiger partial charge in [0.15, 0.2) is 0 Å². The predicted octanol–water partition coefficient (Wildman–Crippen LogP) is 4.75. The molecule has 0 spiro atoms. The van der Waals surface area contributed by atoms with Gasteiger partial charge in [-0.3, -0.25) is 9.59 Å². The van der Waals surface area contributed by atoms with Crippen LogP contribution in [0.1, 0.15) is 77.6 Å². The minimum atomic E-state index is -0.826. The lowest BCUT2D eigenvalue weighted by atomic mass is 9.97. The second-order valence-electron chi connectivity index (χ2n) is 10.6. The summed E-state index contributed by atoms with van der Waals surface area (Å²) < 4.78 is 5.39. The summed E-state index contributed by atoms with van der Waals surface area (Å²) in [5, 5.41) is 5.77. The van der Waals surface area contributed by atoms with Crippen LogP contribution in [0.4, 0.5) is 4.79 Å². The topological polar surface area (TPSA) is 87.7 Å². The summed E-state index contributed by atoms with van der Waals surface area (Å²) in [4.78, 5) is 41.3. The number of ether oxygens (including phenoxy) is 1. The van der Waals surface area contributed by atoms with E-state index >= 15 is 0 Å². The first-order chi connectivity index (χ1) is 15.6. The van der Waals surface area contributed by atoms with Crippen LogP contribution in [0.25, 0.3) is 0 Å². The van der Waals surface area contributed by atoms with Crippen LogP contribution >= 0.6 is 11.8 Å². The standard InChI is InChI=1S/C26H43N3O4S/c1-11-29(23(31)20(14-15-34-10)27-24(32)33-26(7,8)9)21(22(30)28-25(4,5)6)19-13-12-17(2)18(3)16-19/h12-13,16,20-21H,11,14-15H2,1-10H3,(H,27,32)(H,28,30). The predicted molar refractivity (Wildman–Crippen MR) is 140 cm³/mol. The molecule has 3 amide bonds. The fourth-order valence-electron chi connectivity index (χ4n) is 3.45. The minimum absolute atomic E-state index is 0.258. The van der Waals surface area contributed by atoms with Crippen molar-refractivity contribution in [3.63, 3.8) is 0 Å². The molecule has 2 unspecified atom stereocenters. The van der Waals surface area contributed by atoms with Crippen molar-refractivity contribution in [2.24, 2.45) is 0 Å². The lowest BCUT2D eigenvalue weighted by molar-refractivity contribution is -0.142. The van der Waals surface area contributed by atoms with Gasteiger partial charge in [-0.25, -0.2) is 4.79 Å². The maximum Gasteiger partial charge on any atom is 0.408 e. The number of likely N-dealkylation sites (N-methyl/N-ethyl adjacent to an activating group) is 1. The van der Waals surface area contributed by atoms with Crippen molar-refractivity contribution >= 4 is 29.7 Å². The highest BCUT2D eigenvalue weighted by Crippen LogP contribution is 2.26. The van der Waals surface area contributed by atoms with Gasteiger partial charge in [-0.1, -0.05) is 18.2 Å². The molecule has 1 aromatic rings. The zero-order chi connectivity index (χ0) is 26.3. The maximum absolute atomic E-state index is 13.8. The highest BCUT2D eigenvalue weighted by molar-refractivity contribution is 7.98. The molecule has 0 aliphatic rings. The van der Waals surface area contributed by atoms with E-state index in [2.05, 4.69) is 10.6 Å². The Morgan fingerprint density at radius 3 is 2.15 bits per heavy atom. The molecular formula is C26H43N3O4S. The maximum atomic E-state index is 13.8. The Labute approximate surface area is 209 Å². The van der Waals surface area contributed by atoms with Crippen LogP contribution in [0.3, 0.4) is 0 Å². The number of hydrogen-bond acceptors (Lipinski definition) is 5. The number of alkyl carbamates (subject to hydrolysis) is 1. The van der Waals surface area contributed by atoms with E-state index in [-0.39, 0.29) is 11.8 Å². The Hall–Kier alpha value is -2.22. The minimum Gasteiger partial charge on any atom is -0.444 e. The second-order valence-corrected chi connectivity index (χ2v) is 11.6. The molecule has 0 aliphatic carbocycles. The Balaban J connectivity index is 3.40. The molecule has 8 heteroatoms. The number of carbonyl (C=O) groups is 3. The highest BCUT2D eigenvalue weighted by atomic mass is 32.2. The molecule has 192 valence electrons. The molecule has 0 bridgehead atoms. The molecule has 0 saturated heterocycles. The molecular weight excluding hydrogens is 450 g/mol. The first-order valence-electron chi connectivity index (χ1n) is 11.8. The summed E-state index contributed by atoms with van der Waals surface area (Å²) in [6.07, 6.45) is 1.72. The van der Waals surface area contributed by atoms with Gasteiger partial charge in [-0.05, 0) is 97.4 Å². The number of benzene rings is 1. The largest absolute Gasteiger partial charge is 0.444 e. The molecule has 0 heterocycles. The summed E-state index contributed by atoms with van der Waals surface area (Å²) in [6.45, 7) is 17.2. The fourth-order valence-corrected chi connectivity index (χ4v) is 3.93. The number of nitrogens with one attached hydrogen (secondary N) is 2. The van der Waals surface area contributed by atoms with E-state index in [1.54, 1.807) is 37.4 Å². The third-order valence-electron chi connectivity index (χ3n) is 5.13. The van der Waals surface area contributed by atoms with Crippen molar-refractivity contribution in [1.82, 2.24) is 15.5 Å². The molecule has 0 aliphatic heterocycles. The normalized spacial score (nSPS) is 13.6. The third kappa shape index (κ3) is 9.57. The molecule has 1 rings (SSSR count). The second kappa shape index (κ2) is 12.5. The summed E-state index contributed by atoms with van der Waals surface area (Å²) >= 11 is 1.59. The van der Waals surface area contributed by atoms with Crippen LogP contribution in [0.2, 0.25) is 0 Å². The SMILES string of the molecule is CCN(C(=O)C(CCSC)NC(=O)OC(C)(C)C)C(C(=O)NC(C)(C)C)c1ccc(C)c(C)c1. The molecule has 0 radical (unpaired) electrons. The first kappa shape index (κ1) is 29.8. The van der Waals surface area contributed by atoms with E-state index < -0.39 is 29.3 Å². The Morgan fingerprint density at radius 2 is 1.68 bits per heavy atom. The van der Waals surface area contributed by atoms with Crippen molar-refractivity contribution in [2.75, 3.05) is 18.6 Å². The molecule has 2 N–H and O–H groups in total. The van der Waals surface area contributed by atoms with Crippen molar-refractivity contribution < 1.29 is 19.1 Å². The van der Waals surface area contributed by atoms with E-state index in [0.717, 1.165) is 16.7 Å². The average Bonchev–Trinajstić information content (AvgIpc) is 2.68. The zero-order valence-electron chi connectivity index (χ0n) is 22.5. The first-order valence-corrected chi connectivity index (χ1v) is 13.2. The number of aryl methyl sites for hydroxylation is 2. The number of rotatable bonds is 9. The van der Waals surface area contributed by atoms with Gasteiger partial charge in [-0.15, -0.1) is 0 Å². The number of thioether (sulfide) groups is 1. The molecule has 2 atom stereocenters. The summed E-state index contributed by atoms with van der Waals surface area (Å²) in [6, 6.07) is 4.18. The van der Waals surface area contributed by atoms with Gasteiger partial charge in [0.25, 0.3) is 0 Å². The monoisotopic (exact) mass is 493 g/mol. The molecule has 1 aromatic carbocycles. The van der Waals surface area contributed by atoms with E-state index in [9.17, 15) is 14.4 Å². The third-order valence-corrected chi connectivity index (χ3v) is 5.77. The lowest BCUT2D eigenvalue weighted by Gasteiger charge is -2.35. The van der Waals surface area contributed by atoms with Gasteiger partial charge >= 0.3 is 6.09 Å². The van der Waals surface area contributed by atoms with Crippen LogP contribution < -0.4 is 10.6 Å². The molecule has 0 saturated carbocycles. The number of amides is 3. The van der Waals surface area contributed by atoms with Crippen LogP contribution in [-0.2, 0) is 14.3 Å². The van der Waals surface area contributed by atoms with Crippen molar-refractivity contribution in [3.8, 4) is 0 Å². The Kier molecular flexibility index (Phi) is 10.9. The Bertz CT molecular complexity index is 859. The van der Waals surface area contributed by atoms with Gasteiger partial charge in [0, 0.05) is 12.1 Å². The summed E-state index contributed by atoms with van der Waals surface area (Å²) in [5.41, 5.74) is 1.74. The van der Waals surface area contributed by atoms with Gasteiger partial charge in [0.2, 0.25) is 11.8 Å². The van der Waals surface area contributed by atoms with E-state index in [4.69, 9.17) is 4.74 Å². The van der Waals surface area contributed by atoms with Crippen LogP contribution in [0, 0.1) is 13.8 Å². The van der Waals surface area contributed by atoms with Gasteiger partial charge in [-0.2, -0.15) is 11.8 Å². The molecule has 0 fully saturated rings. The van der Waals surface area contributed by atoms with Gasteiger partial charge in [0.1, 0.15) is 17.7 Å². The molecule has 7 nitrogen and oxygen atoms in total. The van der Waals surface area contributed by atoms with E-state index in [0.29, 0.717) is 18.7 Å². The zero-order valence-corrected chi connectivity index (χ0v) is 23.3. The number of nitrogens with zero attached hydrogens (tertiary/aromatic N) is 1. The van der Waals surface area contributed by atoms with Crippen LogP contribution in [0.15, 0.2) is 18.2 Å². The van der Waals surface area contributed by atoms with E-state index in [1.165, 1.54) is 0 Å². The van der Waals surface area contributed by atoms with E-state index in [1.807, 2.05) is 66.0 Å². The van der Waals surface area contributed by atoms with Crippen molar-refractivity contribution in [1.29, 1.82) is 0 Å². The number of hydrogen-bond donors (Lipinski definition) is 2. The van der Waals surface area contributed by atoms with Crippen molar-refractivity contribution in [2.45, 2.75) is 92.0 Å². The highest BCUT2D eigenvalue weighted by Gasteiger charge is 2.36. The smallest absolute Gasteiger partial charge is 0.408 e. The quantitative estimate of drug-likeness (QED) is 0.518. The van der Waals surface area contributed by atoms with Crippen LogP contribution in [0.5, 0.6) is 0 Å². The number of carbonyl (C=O) groups excluding carboxylic acids is 3. The fraction of sp³-hybridized carbons (Fsp3) is 0.654. The summed E-state index contributed by atoms with van der Waals surface area (Å²) in [5.74, 6) is 0.105. The summed E-state index contributed by atoms with van der Waals surface area (Å²) in [7, 11) is 0. The molecule has 0 aromatic heterocycles. The van der Waals surface area contributed by atoms with Crippen molar-refractivity contribution in [3.05, 3.63) is 34.9 Å². The molecule has 34 heavy (non-hydrogen) atoms. The van der Waals surface area contributed by atoms with Gasteiger partial charge in [0.05, 0.1) is 0 Å². The van der Waals surface area contributed by atoms with Gasteiger partial charge < -0.3 is 20.3 Å². The lowest BCUT2D eigenvalue weighted by Crippen LogP contribution is -2.54.